The first-order valence-corrected chi connectivity index (χ1v) is 10.0. The number of nitrogens with zero attached hydrogens (tertiary/aromatic N) is 3. The van der Waals surface area contributed by atoms with E-state index in [0.717, 1.165) is 51.1 Å². The van der Waals surface area contributed by atoms with Gasteiger partial charge in [-0.05, 0) is 43.9 Å². The van der Waals surface area contributed by atoms with E-state index in [-0.39, 0.29) is 12.0 Å². The zero-order valence-electron chi connectivity index (χ0n) is 16.6. The molecular formula is C22H24N4O3. The number of pyridine rings is 2. The van der Waals surface area contributed by atoms with Crippen molar-refractivity contribution in [3.63, 3.8) is 0 Å². The third-order valence-electron chi connectivity index (χ3n) is 6.06. The molecule has 2 N–H and O–H groups in total. The molecule has 0 saturated carbocycles. The summed E-state index contributed by atoms with van der Waals surface area (Å²) in [5.74, 6) is 0.0474. The number of hydrogen-bond acceptors (Lipinski definition) is 5. The van der Waals surface area contributed by atoms with E-state index in [2.05, 4.69) is 28.8 Å². The van der Waals surface area contributed by atoms with Gasteiger partial charge in [0.2, 0.25) is 5.91 Å². The molecule has 150 valence electrons. The molecule has 7 heteroatoms. The van der Waals surface area contributed by atoms with Crippen LogP contribution in [0.2, 0.25) is 0 Å². The Morgan fingerprint density at radius 3 is 2.93 bits per heavy atom. The number of aliphatic hydroxyl groups excluding tert-OH is 1. The molecule has 0 bridgehead atoms. The van der Waals surface area contributed by atoms with E-state index in [1.807, 2.05) is 24.7 Å². The Labute approximate surface area is 168 Å². The number of carbonyl (C=O) groups is 1. The average molecular weight is 392 g/mol. The van der Waals surface area contributed by atoms with Crippen molar-refractivity contribution in [2.75, 3.05) is 18.1 Å². The maximum Gasteiger partial charge on any atom is 0.233 e. The van der Waals surface area contributed by atoms with Crippen LogP contribution in [0, 0.1) is 13.8 Å². The monoisotopic (exact) mass is 392 g/mol. The van der Waals surface area contributed by atoms with Crippen LogP contribution in [0.3, 0.4) is 0 Å². The number of nitrogens with one attached hydrogen (secondary N) is 1. The fourth-order valence-corrected chi connectivity index (χ4v) is 4.45. The first-order chi connectivity index (χ1) is 14.0. The Morgan fingerprint density at radius 2 is 2.14 bits per heavy atom. The molecule has 3 aromatic rings. The summed E-state index contributed by atoms with van der Waals surface area (Å²) >= 11 is 0. The maximum atomic E-state index is 12.6. The van der Waals surface area contributed by atoms with Crippen LogP contribution >= 0.6 is 0 Å². The summed E-state index contributed by atoms with van der Waals surface area (Å²) in [5, 5.41) is 10.8. The van der Waals surface area contributed by atoms with Gasteiger partial charge in [-0.2, -0.15) is 0 Å². The number of aromatic nitrogens is 3. The number of amides is 1. The topological polar surface area (TPSA) is 91.3 Å². The van der Waals surface area contributed by atoms with E-state index in [4.69, 9.17) is 4.74 Å². The van der Waals surface area contributed by atoms with Gasteiger partial charge in [-0.3, -0.25) is 9.78 Å². The highest BCUT2D eigenvalue weighted by Crippen LogP contribution is 2.35. The summed E-state index contributed by atoms with van der Waals surface area (Å²) in [6.45, 7) is 4.99. The molecule has 0 radical (unpaired) electrons. The lowest BCUT2D eigenvalue weighted by molar-refractivity contribution is -0.118. The van der Waals surface area contributed by atoms with Crippen LogP contribution in [0.5, 0.6) is 0 Å². The molecule has 5 rings (SSSR count). The van der Waals surface area contributed by atoms with Crippen molar-refractivity contribution in [1.29, 1.82) is 0 Å². The Bertz CT molecular complexity index is 1100. The number of ether oxygens (including phenoxy) is 1. The van der Waals surface area contributed by atoms with Gasteiger partial charge in [-0.1, -0.05) is 0 Å². The highest BCUT2D eigenvalue weighted by molar-refractivity contribution is 6.01. The summed E-state index contributed by atoms with van der Waals surface area (Å²) in [6.07, 6.45) is 6.99. The van der Waals surface area contributed by atoms with Gasteiger partial charge in [0.15, 0.2) is 0 Å². The summed E-state index contributed by atoms with van der Waals surface area (Å²) < 4.78 is 5.72. The largest absolute Gasteiger partial charge is 0.391 e. The van der Waals surface area contributed by atoms with Crippen molar-refractivity contribution in [2.45, 2.75) is 45.3 Å². The summed E-state index contributed by atoms with van der Waals surface area (Å²) in [7, 11) is 0. The number of aryl methyl sites for hydroxylation is 2. The molecule has 0 aliphatic carbocycles. The molecule has 0 unspecified atom stereocenters. The van der Waals surface area contributed by atoms with E-state index < -0.39 is 6.10 Å². The number of rotatable bonds is 3. The molecule has 2 aliphatic heterocycles. The van der Waals surface area contributed by atoms with Gasteiger partial charge in [0, 0.05) is 35.1 Å². The fourth-order valence-electron chi connectivity index (χ4n) is 4.45. The van der Waals surface area contributed by atoms with Gasteiger partial charge in [0.05, 0.1) is 43.2 Å². The molecule has 3 aromatic heterocycles. The minimum Gasteiger partial charge on any atom is -0.391 e. The van der Waals surface area contributed by atoms with Crippen molar-refractivity contribution < 1.29 is 14.6 Å². The molecule has 1 amide bonds. The predicted octanol–water partition coefficient (Wildman–Crippen LogP) is 2.67. The molecular weight excluding hydrogens is 368 g/mol. The molecule has 7 nitrogen and oxygen atoms in total. The fraction of sp³-hybridized carbons (Fsp3) is 0.409. The van der Waals surface area contributed by atoms with Crippen molar-refractivity contribution in [1.82, 2.24) is 15.0 Å². The summed E-state index contributed by atoms with van der Waals surface area (Å²) in [5.41, 5.74) is 6.83. The molecule has 2 atom stereocenters. The van der Waals surface area contributed by atoms with Crippen LogP contribution in [-0.2, 0) is 16.0 Å². The second-order valence-corrected chi connectivity index (χ2v) is 8.05. The standard InChI is InChI=1S/C22H24N4O3/c1-12-7-24-22-21(12)13(2)17(9-25-22)14-5-19-18(23-8-14)6-20(28)26(19)10-16-4-3-15(27)11-29-16/h5,7-9,15-16,27H,3-4,6,10-11H2,1-2H3,(H,24,25)/t15-,16-/m1/s1. The number of anilines is 1. The van der Waals surface area contributed by atoms with Crippen LogP contribution in [0.4, 0.5) is 5.69 Å². The molecule has 2 aliphatic rings. The van der Waals surface area contributed by atoms with Crippen LogP contribution in [0.15, 0.2) is 24.7 Å². The zero-order valence-corrected chi connectivity index (χ0v) is 16.6. The zero-order chi connectivity index (χ0) is 20.1. The first-order valence-electron chi connectivity index (χ1n) is 10.0. The molecule has 5 heterocycles. The van der Waals surface area contributed by atoms with Crippen LogP contribution in [0.1, 0.15) is 29.7 Å². The lowest BCUT2D eigenvalue weighted by atomic mass is 10.00. The molecule has 0 spiro atoms. The summed E-state index contributed by atoms with van der Waals surface area (Å²) in [4.78, 5) is 26.8. The third kappa shape index (κ3) is 3.10. The van der Waals surface area contributed by atoms with Gasteiger partial charge in [0.1, 0.15) is 5.65 Å². The van der Waals surface area contributed by atoms with E-state index >= 15 is 0 Å². The van der Waals surface area contributed by atoms with Gasteiger partial charge >= 0.3 is 0 Å². The summed E-state index contributed by atoms with van der Waals surface area (Å²) in [6, 6.07) is 2.04. The van der Waals surface area contributed by atoms with E-state index in [1.165, 1.54) is 0 Å². The number of aliphatic hydroxyl groups is 1. The smallest absolute Gasteiger partial charge is 0.233 e. The second kappa shape index (κ2) is 6.93. The minimum atomic E-state index is -0.400. The normalized spacial score (nSPS) is 21.8. The van der Waals surface area contributed by atoms with Gasteiger partial charge < -0.3 is 19.7 Å². The number of hydrogen-bond donors (Lipinski definition) is 2. The van der Waals surface area contributed by atoms with Gasteiger partial charge in [-0.25, -0.2) is 4.98 Å². The van der Waals surface area contributed by atoms with E-state index in [0.29, 0.717) is 26.0 Å². The number of fused-ring (bicyclic) bond motifs is 2. The van der Waals surface area contributed by atoms with Crippen LogP contribution < -0.4 is 4.90 Å². The molecule has 29 heavy (non-hydrogen) atoms. The Hall–Kier alpha value is -2.77. The average Bonchev–Trinajstić information content (AvgIpc) is 3.24. The SMILES string of the molecule is Cc1c[nH]c2ncc(-c3cnc4c(c3)N(C[C@H]3CC[C@@H](O)CO3)C(=O)C4)c(C)c12. The lowest BCUT2D eigenvalue weighted by Gasteiger charge is -2.29. The minimum absolute atomic E-state index is 0.0474. The Kier molecular flexibility index (Phi) is 4.37. The Balaban J connectivity index is 1.49. The second-order valence-electron chi connectivity index (χ2n) is 8.05. The number of carbonyl (C=O) groups excluding carboxylic acids is 1. The van der Waals surface area contributed by atoms with Crippen molar-refractivity contribution in [2.24, 2.45) is 0 Å². The van der Waals surface area contributed by atoms with Crippen LogP contribution in [-0.4, -0.2) is 51.3 Å². The predicted molar refractivity (Wildman–Crippen MR) is 110 cm³/mol. The highest BCUT2D eigenvalue weighted by atomic mass is 16.5. The molecule has 1 saturated heterocycles. The van der Waals surface area contributed by atoms with Crippen molar-refractivity contribution >= 4 is 22.6 Å². The number of H-pyrrole nitrogens is 1. The molecule has 1 fully saturated rings. The third-order valence-corrected chi connectivity index (χ3v) is 6.06. The maximum absolute atomic E-state index is 12.6. The quantitative estimate of drug-likeness (QED) is 0.715. The van der Waals surface area contributed by atoms with Crippen molar-refractivity contribution in [3.05, 3.63) is 41.5 Å². The number of aromatic amines is 1. The first kappa shape index (κ1) is 18.3. The van der Waals surface area contributed by atoms with Gasteiger partial charge in [-0.15, -0.1) is 0 Å². The van der Waals surface area contributed by atoms with E-state index in [9.17, 15) is 9.90 Å². The van der Waals surface area contributed by atoms with Crippen molar-refractivity contribution in [3.8, 4) is 11.1 Å². The van der Waals surface area contributed by atoms with Crippen LogP contribution in [0.25, 0.3) is 22.2 Å². The lowest BCUT2D eigenvalue weighted by Crippen LogP contribution is -2.40. The molecule has 0 aromatic carbocycles. The van der Waals surface area contributed by atoms with Gasteiger partial charge in [0.25, 0.3) is 0 Å². The van der Waals surface area contributed by atoms with E-state index in [1.54, 1.807) is 4.90 Å². The highest BCUT2D eigenvalue weighted by Gasteiger charge is 2.32. The Morgan fingerprint density at radius 1 is 1.28 bits per heavy atom.